The van der Waals surface area contributed by atoms with Gasteiger partial charge in [-0.2, -0.15) is 0 Å². The lowest BCUT2D eigenvalue weighted by Crippen LogP contribution is -2.29. The minimum absolute atomic E-state index is 0.00670. The molecule has 0 aliphatic heterocycles. The Morgan fingerprint density at radius 2 is 1.81 bits per heavy atom. The maximum Gasteiger partial charge on any atom is 0.259 e. The van der Waals surface area contributed by atoms with E-state index in [1.807, 2.05) is 18.2 Å². The third kappa shape index (κ3) is 4.99. The van der Waals surface area contributed by atoms with Gasteiger partial charge in [-0.3, -0.25) is 0 Å². The van der Waals surface area contributed by atoms with Gasteiger partial charge in [-0.05, 0) is 31.2 Å². The SMILES string of the molecule is Cc1nc(S(=O)(=O)NCCNc2ccc(Nc3ccccn3)nn2)cn1C. The highest BCUT2D eigenvalue weighted by Gasteiger charge is 2.17. The second kappa shape index (κ2) is 8.10. The van der Waals surface area contributed by atoms with Crippen molar-refractivity contribution in [2.45, 2.75) is 11.9 Å². The molecule has 11 heteroatoms. The Kier molecular flexibility index (Phi) is 5.62. The largest absolute Gasteiger partial charge is 0.367 e. The zero-order chi connectivity index (χ0) is 19.3. The molecule has 3 rings (SSSR count). The van der Waals surface area contributed by atoms with E-state index < -0.39 is 10.0 Å². The van der Waals surface area contributed by atoms with Crippen LogP contribution in [0.25, 0.3) is 0 Å². The van der Waals surface area contributed by atoms with E-state index in [0.717, 1.165) is 0 Å². The smallest absolute Gasteiger partial charge is 0.259 e. The molecule has 0 unspecified atom stereocenters. The molecule has 10 nitrogen and oxygen atoms in total. The van der Waals surface area contributed by atoms with Crippen LogP contribution in [0.15, 0.2) is 47.8 Å². The number of pyridine rings is 1. The van der Waals surface area contributed by atoms with Crippen molar-refractivity contribution in [3.05, 3.63) is 48.5 Å². The van der Waals surface area contributed by atoms with Crippen LogP contribution < -0.4 is 15.4 Å². The number of hydrogen-bond donors (Lipinski definition) is 3. The topological polar surface area (TPSA) is 127 Å². The van der Waals surface area contributed by atoms with E-state index in [1.165, 1.54) is 6.20 Å². The number of nitrogens with one attached hydrogen (secondary N) is 3. The highest BCUT2D eigenvalue weighted by atomic mass is 32.2. The molecular formula is C16H20N8O2S. The molecule has 0 saturated carbocycles. The molecule has 0 saturated heterocycles. The molecule has 3 aromatic heterocycles. The Morgan fingerprint density at radius 3 is 2.44 bits per heavy atom. The number of aromatic nitrogens is 5. The fraction of sp³-hybridized carbons (Fsp3) is 0.250. The molecule has 3 heterocycles. The Hall–Kier alpha value is -3.05. The molecule has 0 bridgehead atoms. The molecule has 0 spiro atoms. The van der Waals surface area contributed by atoms with Gasteiger partial charge in [0, 0.05) is 32.5 Å². The first-order valence-electron chi connectivity index (χ1n) is 8.19. The van der Waals surface area contributed by atoms with Crippen LogP contribution in [0.5, 0.6) is 0 Å². The van der Waals surface area contributed by atoms with Gasteiger partial charge in [0.05, 0.1) is 0 Å². The van der Waals surface area contributed by atoms with Crippen molar-refractivity contribution >= 4 is 27.5 Å². The summed E-state index contributed by atoms with van der Waals surface area (Å²) in [4.78, 5) is 8.17. The van der Waals surface area contributed by atoms with Crippen LogP contribution in [-0.4, -0.2) is 46.2 Å². The van der Waals surface area contributed by atoms with E-state index in [0.29, 0.717) is 29.8 Å². The fourth-order valence-corrected chi connectivity index (χ4v) is 3.23. The molecular weight excluding hydrogens is 368 g/mol. The normalized spacial score (nSPS) is 11.3. The number of hydrogen-bond acceptors (Lipinski definition) is 8. The molecule has 0 fully saturated rings. The van der Waals surface area contributed by atoms with Gasteiger partial charge in [-0.1, -0.05) is 6.07 Å². The fourth-order valence-electron chi connectivity index (χ4n) is 2.17. The predicted molar refractivity (Wildman–Crippen MR) is 101 cm³/mol. The van der Waals surface area contributed by atoms with E-state index in [9.17, 15) is 8.42 Å². The van der Waals surface area contributed by atoms with Crippen LogP contribution >= 0.6 is 0 Å². The van der Waals surface area contributed by atoms with Crippen molar-refractivity contribution in [3.63, 3.8) is 0 Å². The molecule has 0 aromatic carbocycles. The Balaban J connectivity index is 1.47. The van der Waals surface area contributed by atoms with E-state index in [-0.39, 0.29) is 11.6 Å². The van der Waals surface area contributed by atoms with Crippen LogP contribution in [0.3, 0.4) is 0 Å². The number of nitrogens with zero attached hydrogens (tertiary/aromatic N) is 5. The van der Waals surface area contributed by atoms with Gasteiger partial charge in [-0.15, -0.1) is 10.2 Å². The first-order chi connectivity index (χ1) is 12.9. The lowest BCUT2D eigenvalue weighted by molar-refractivity contribution is 0.579. The summed E-state index contributed by atoms with van der Waals surface area (Å²) in [6.07, 6.45) is 3.16. The summed E-state index contributed by atoms with van der Waals surface area (Å²) >= 11 is 0. The zero-order valence-corrected chi connectivity index (χ0v) is 15.7. The predicted octanol–water partition coefficient (Wildman–Crippen LogP) is 1.05. The van der Waals surface area contributed by atoms with Crippen LogP contribution in [0, 0.1) is 6.92 Å². The van der Waals surface area contributed by atoms with E-state index in [1.54, 1.807) is 36.9 Å². The molecule has 0 atom stereocenters. The van der Waals surface area contributed by atoms with Crippen LogP contribution in [0.1, 0.15) is 5.82 Å². The van der Waals surface area contributed by atoms with E-state index >= 15 is 0 Å². The second-order valence-electron chi connectivity index (χ2n) is 5.71. The van der Waals surface area contributed by atoms with Crippen molar-refractivity contribution in [2.75, 3.05) is 23.7 Å². The second-order valence-corrected chi connectivity index (χ2v) is 7.42. The number of aryl methyl sites for hydroxylation is 2. The van der Waals surface area contributed by atoms with Crippen molar-refractivity contribution < 1.29 is 8.42 Å². The maximum absolute atomic E-state index is 12.2. The lowest BCUT2D eigenvalue weighted by atomic mass is 10.4. The monoisotopic (exact) mass is 388 g/mol. The number of anilines is 3. The van der Waals surface area contributed by atoms with Crippen molar-refractivity contribution in [2.24, 2.45) is 7.05 Å². The molecule has 3 N–H and O–H groups in total. The average molecular weight is 388 g/mol. The summed E-state index contributed by atoms with van der Waals surface area (Å²) in [5.41, 5.74) is 0. The average Bonchev–Trinajstić information content (AvgIpc) is 3.01. The minimum atomic E-state index is -3.63. The lowest BCUT2D eigenvalue weighted by Gasteiger charge is -2.07. The summed E-state index contributed by atoms with van der Waals surface area (Å²) in [6, 6.07) is 9.02. The molecule has 0 amide bonds. The quantitative estimate of drug-likeness (QED) is 0.489. The standard InChI is InChI=1S/C16H20N8O2S/c1-12-20-16(11-24(12)2)27(25,26)19-10-9-18-14-6-7-15(23-22-14)21-13-5-3-4-8-17-13/h3-8,11,19H,9-10H2,1-2H3,(H,18,22)(H,17,21,23). The summed E-state index contributed by atoms with van der Waals surface area (Å²) in [5.74, 6) is 2.40. The first-order valence-corrected chi connectivity index (χ1v) is 9.68. The molecule has 0 aliphatic carbocycles. The molecule has 0 radical (unpaired) electrons. The third-order valence-electron chi connectivity index (χ3n) is 3.67. The van der Waals surface area contributed by atoms with Gasteiger partial charge in [0.25, 0.3) is 10.0 Å². The minimum Gasteiger partial charge on any atom is -0.367 e. The molecule has 142 valence electrons. The Labute approximate surface area is 157 Å². The number of sulfonamides is 1. The summed E-state index contributed by atoms with van der Waals surface area (Å²) in [6.45, 7) is 2.28. The number of rotatable bonds is 8. The first kappa shape index (κ1) is 18.7. The maximum atomic E-state index is 12.2. The molecule has 3 aromatic rings. The van der Waals surface area contributed by atoms with Gasteiger partial charge in [0.2, 0.25) is 0 Å². The third-order valence-corrected chi connectivity index (χ3v) is 5.00. The van der Waals surface area contributed by atoms with Gasteiger partial charge >= 0.3 is 0 Å². The summed E-state index contributed by atoms with van der Waals surface area (Å²) in [7, 11) is -1.89. The van der Waals surface area contributed by atoms with Gasteiger partial charge in [0.15, 0.2) is 10.8 Å². The van der Waals surface area contributed by atoms with Gasteiger partial charge in [0.1, 0.15) is 17.5 Å². The zero-order valence-electron chi connectivity index (χ0n) is 14.9. The van der Waals surface area contributed by atoms with E-state index in [4.69, 9.17) is 0 Å². The summed E-state index contributed by atoms with van der Waals surface area (Å²) < 4.78 is 28.5. The highest BCUT2D eigenvalue weighted by Crippen LogP contribution is 2.11. The van der Waals surface area contributed by atoms with Gasteiger partial charge < -0.3 is 15.2 Å². The van der Waals surface area contributed by atoms with Crippen molar-refractivity contribution in [1.82, 2.24) is 29.5 Å². The highest BCUT2D eigenvalue weighted by molar-refractivity contribution is 7.89. The molecule has 27 heavy (non-hydrogen) atoms. The number of imidazole rings is 1. The Bertz CT molecular complexity index is 968. The van der Waals surface area contributed by atoms with Crippen LogP contribution in [0.2, 0.25) is 0 Å². The van der Waals surface area contributed by atoms with Crippen molar-refractivity contribution in [3.8, 4) is 0 Å². The van der Waals surface area contributed by atoms with Gasteiger partial charge in [-0.25, -0.2) is 23.1 Å². The van der Waals surface area contributed by atoms with Crippen LogP contribution in [0.4, 0.5) is 17.5 Å². The van der Waals surface area contributed by atoms with Crippen molar-refractivity contribution in [1.29, 1.82) is 0 Å². The molecule has 0 aliphatic rings. The van der Waals surface area contributed by atoms with Crippen LogP contribution in [-0.2, 0) is 17.1 Å². The Morgan fingerprint density at radius 1 is 1.04 bits per heavy atom. The van der Waals surface area contributed by atoms with E-state index in [2.05, 4.69) is 35.5 Å². The summed E-state index contributed by atoms with van der Waals surface area (Å²) in [5, 5.41) is 14.1.